The number of methoxy groups -OCH3 is 1. The van der Waals surface area contributed by atoms with Crippen LogP contribution in [-0.4, -0.2) is 74.9 Å². The standard InChI is InChI=1S/C44H66N4O7Si/c1-13-15-24-38(53-10)30(5)40(49)46-39(29(3)4)41(50)45-37(28-33-20-17-22-35(27-33)55-56(11,12)44(7,8)9)42(51)48-25-18-23-36(47-48)43(52)54-31(6)34-21-16-19-32(14-2)26-34/h13-14,16-17,19-22,26-27,29-31,36-39,47H,1-2,15,18,23-25,28H2,3-12H3,(H,45,50)(H,46,49)/t30-,31-,36+,37+,38-,39+/m1/s1. The number of ether oxygens (including phenoxy) is 2. The number of hydrogen-bond donors (Lipinski definition) is 3. The molecular weight excluding hydrogens is 725 g/mol. The summed E-state index contributed by atoms with van der Waals surface area (Å²) < 4.78 is 18.0. The summed E-state index contributed by atoms with van der Waals surface area (Å²) in [6, 6.07) is 12.5. The molecule has 12 heteroatoms. The van der Waals surface area contributed by atoms with Crippen molar-refractivity contribution in [2.24, 2.45) is 11.8 Å². The van der Waals surface area contributed by atoms with Gasteiger partial charge in [-0.15, -0.1) is 6.58 Å². The van der Waals surface area contributed by atoms with Gasteiger partial charge in [0.1, 0.15) is 30.0 Å². The number of hydrogen-bond acceptors (Lipinski definition) is 8. The Morgan fingerprint density at radius 2 is 1.70 bits per heavy atom. The Bertz CT molecular complexity index is 1670. The molecular formula is C44H66N4O7Si. The number of esters is 1. The molecule has 2 aromatic carbocycles. The number of carbonyl (C=O) groups excluding carboxylic acids is 4. The highest BCUT2D eigenvalue weighted by Crippen LogP contribution is 2.37. The first-order chi connectivity index (χ1) is 26.3. The van der Waals surface area contributed by atoms with Crippen molar-refractivity contribution >= 4 is 38.1 Å². The van der Waals surface area contributed by atoms with Gasteiger partial charge in [0, 0.05) is 20.1 Å². The highest BCUT2D eigenvalue weighted by atomic mass is 28.4. The van der Waals surface area contributed by atoms with Gasteiger partial charge in [-0.2, -0.15) is 0 Å². The molecule has 1 aliphatic heterocycles. The Morgan fingerprint density at radius 3 is 2.32 bits per heavy atom. The molecule has 0 spiro atoms. The van der Waals surface area contributed by atoms with Crippen LogP contribution in [0.1, 0.15) is 96.9 Å². The smallest absolute Gasteiger partial charge is 0.325 e. The van der Waals surface area contributed by atoms with E-state index in [-0.39, 0.29) is 29.4 Å². The van der Waals surface area contributed by atoms with Crippen LogP contribution in [0.3, 0.4) is 0 Å². The van der Waals surface area contributed by atoms with E-state index in [1.165, 1.54) is 5.01 Å². The first kappa shape index (κ1) is 46.1. The van der Waals surface area contributed by atoms with E-state index in [1.54, 1.807) is 26.2 Å². The maximum Gasteiger partial charge on any atom is 0.325 e. The monoisotopic (exact) mass is 790 g/mol. The molecule has 11 nitrogen and oxygen atoms in total. The number of allylic oxidation sites excluding steroid dienone is 1. The molecule has 1 aliphatic rings. The van der Waals surface area contributed by atoms with Gasteiger partial charge in [-0.25, -0.2) is 5.43 Å². The van der Waals surface area contributed by atoms with Crippen molar-refractivity contribution in [3.63, 3.8) is 0 Å². The molecule has 1 saturated heterocycles. The lowest BCUT2D eigenvalue weighted by atomic mass is 9.96. The number of carbonyl (C=O) groups is 4. The van der Waals surface area contributed by atoms with Gasteiger partial charge in [-0.1, -0.05) is 90.6 Å². The summed E-state index contributed by atoms with van der Waals surface area (Å²) in [4.78, 5) is 55.5. The average molecular weight is 791 g/mol. The van der Waals surface area contributed by atoms with E-state index in [0.29, 0.717) is 38.0 Å². The second-order valence-electron chi connectivity index (χ2n) is 16.7. The minimum atomic E-state index is -2.17. The summed E-state index contributed by atoms with van der Waals surface area (Å²) in [6.45, 7) is 26.0. The molecule has 1 fully saturated rings. The molecule has 56 heavy (non-hydrogen) atoms. The second kappa shape index (κ2) is 20.8. The number of amides is 3. The number of hydrazine groups is 1. The van der Waals surface area contributed by atoms with Crippen LogP contribution in [0.15, 0.2) is 67.8 Å². The zero-order valence-corrected chi connectivity index (χ0v) is 36.3. The van der Waals surface area contributed by atoms with Crippen LogP contribution in [0.5, 0.6) is 5.75 Å². The zero-order chi connectivity index (χ0) is 41.8. The molecule has 0 bridgehead atoms. The van der Waals surface area contributed by atoms with Crippen LogP contribution in [0, 0.1) is 11.8 Å². The maximum atomic E-state index is 14.5. The highest BCUT2D eigenvalue weighted by Gasteiger charge is 2.40. The van der Waals surface area contributed by atoms with E-state index < -0.39 is 56.2 Å². The van der Waals surface area contributed by atoms with E-state index in [1.807, 2.05) is 69.3 Å². The van der Waals surface area contributed by atoms with Crippen LogP contribution in [0.2, 0.25) is 18.1 Å². The molecule has 0 radical (unpaired) electrons. The van der Waals surface area contributed by atoms with Crippen molar-refractivity contribution in [2.75, 3.05) is 13.7 Å². The van der Waals surface area contributed by atoms with Gasteiger partial charge in [-0.3, -0.25) is 24.2 Å². The average Bonchev–Trinajstić information content (AvgIpc) is 3.15. The number of nitrogens with one attached hydrogen (secondary N) is 3. The van der Waals surface area contributed by atoms with Gasteiger partial charge in [0.2, 0.25) is 20.1 Å². The van der Waals surface area contributed by atoms with E-state index in [2.05, 4.69) is 63.1 Å². The fraction of sp³-hybridized carbons (Fsp3) is 0.545. The van der Waals surface area contributed by atoms with Crippen LogP contribution >= 0.6 is 0 Å². The number of rotatable bonds is 19. The van der Waals surface area contributed by atoms with Gasteiger partial charge in [-0.05, 0) is 91.5 Å². The first-order valence-electron chi connectivity index (χ1n) is 19.8. The Hall–Kier alpha value is -4.26. The summed E-state index contributed by atoms with van der Waals surface area (Å²) in [7, 11) is -0.605. The van der Waals surface area contributed by atoms with Gasteiger partial charge < -0.3 is 24.5 Å². The minimum Gasteiger partial charge on any atom is -0.543 e. The molecule has 0 saturated carbocycles. The van der Waals surface area contributed by atoms with Crippen molar-refractivity contribution in [3.05, 3.63) is 84.5 Å². The minimum absolute atomic E-state index is 0.0246. The van der Waals surface area contributed by atoms with E-state index in [9.17, 15) is 19.2 Å². The number of nitrogens with zero attached hydrogens (tertiary/aromatic N) is 1. The third-order valence-electron chi connectivity index (χ3n) is 11.0. The van der Waals surface area contributed by atoms with Crippen LogP contribution in [0.25, 0.3) is 6.08 Å². The largest absolute Gasteiger partial charge is 0.543 e. The second-order valence-corrected chi connectivity index (χ2v) is 21.4. The Balaban J connectivity index is 1.88. The molecule has 3 amide bonds. The molecule has 2 aromatic rings. The SMILES string of the molecule is C=CCC[C@@H](OC)[C@@H](C)C(=O)N[C@H](C(=O)N[C@@H](Cc1cccc(O[Si](C)(C)C(C)(C)C)c1)C(=O)N1CCC[C@@H](C(=O)O[C@H](C)c2cccc(C=C)c2)N1)C(C)C. The van der Waals surface area contributed by atoms with Crippen molar-refractivity contribution < 1.29 is 33.1 Å². The highest BCUT2D eigenvalue weighted by molar-refractivity contribution is 6.74. The summed E-state index contributed by atoms with van der Waals surface area (Å²) in [6.07, 6.45) is 5.09. The molecule has 3 rings (SSSR count). The Morgan fingerprint density at radius 1 is 1.00 bits per heavy atom. The van der Waals surface area contributed by atoms with Gasteiger partial charge in [0.15, 0.2) is 0 Å². The summed E-state index contributed by atoms with van der Waals surface area (Å²) in [5.74, 6) is -1.83. The van der Waals surface area contributed by atoms with E-state index in [4.69, 9.17) is 13.9 Å². The lowest BCUT2D eigenvalue weighted by Crippen LogP contribution is -2.62. The predicted molar refractivity (Wildman–Crippen MR) is 225 cm³/mol. The lowest BCUT2D eigenvalue weighted by molar-refractivity contribution is -0.157. The van der Waals surface area contributed by atoms with Crippen LogP contribution in [0.4, 0.5) is 0 Å². The van der Waals surface area contributed by atoms with Crippen LogP contribution < -0.4 is 20.5 Å². The fourth-order valence-corrected chi connectivity index (χ4v) is 7.31. The first-order valence-corrected chi connectivity index (χ1v) is 22.8. The molecule has 0 aromatic heterocycles. The van der Waals surface area contributed by atoms with Gasteiger partial charge >= 0.3 is 5.97 Å². The summed E-state index contributed by atoms with van der Waals surface area (Å²) in [5.41, 5.74) is 5.63. The maximum absolute atomic E-state index is 14.5. The quantitative estimate of drug-likeness (QED) is 0.0767. The summed E-state index contributed by atoms with van der Waals surface area (Å²) >= 11 is 0. The normalized spacial score (nSPS) is 17.5. The molecule has 308 valence electrons. The molecule has 6 atom stereocenters. The summed E-state index contributed by atoms with van der Waals surface area (Å²) in [5, 5.41) is 7.29. The molecule has 0 unspecified atom stereocenters. The third-order valence-corrected chi connectivity index (χ3v) is 15.3. The Kier molecular flexibility index (Phi) is 17.1. The van der Waals surface area contributed by atoms with Gasteiger partial charge in [0.05, 0.1) is 12.0 Å². The lowest BCUT2D eigenvalue weighted by Gasteiger charge is -2.37. The molecule has 1 heterocycles. The van der Waals surface area contributed by atoms with Gasteiger partial charge in [0.25, 0.3) is 5.91 Å². The van der Waals surface area contributed by atoms with Crippen molar-refractivity contribution in [1.29, 1.82) is 0 Å². The topological polar surface area (TPSA) is 135 Å². The predicted octanol–water partition coefficient (Wildman–Crippen LogP) is 7.30. The fourth-order valence-electron chi connectivity index (χ4n) is 6.29. The van der Waals surface area contributed by atoms with E-state index >= 15 is 0 Å². The zero-order valence-electron chi connectivity index (χ0n) is 35.3. The van der Waals surface area contributed by atoms with Crippen LogP contribution in [-0.2, 0) is 35.1 Å². The van der Waals surface area contributed by atoms with E-state index in [0.717, 1.165) is 16.7 Å². The van der Waals surface area contributed by atoms with Crippen molar-refractivity contribution in [3.8, 4) is 5.75 Å². The van der Waals surface area contributed by atoms with Crippen molar-refractivity contribution in [1.82, 2.24) is 21.1 Å². The number of benzene rings is 2. The molecule has 0 aliphatic carbocycles. The molecule has 3 N–H and O–H groups in total. The Labute approximate surface area is 336 Å². The third kappa shape index (κ3) is 12.9. The van der Waals surface area contributed by atoms with Crippen molar-refractivity contribution in [2.45, 2.75) is 129 Å².